The maximum absolute atomic E-state index is 5.93. The van der Waals surface area contributed by atoms with Gasteiger partial charge in [-0.2, -0.15) is 0 Å². The summed E-state index contributed by atoms with van der Waals surface area (Å²) in [7, 11) is 0. The van der Waals surface area contributed by atoms with Crippen LogP contribution >= 0.6 is 23.2 Å². The minimum atomic E-state index is 0.255. The molecule has 0 aliphatic carbocycles. The summed E-state index contributed by atoms with van der Waals surface area (Å²) in [6, 6.07) is 11.9. The van der Waals surface area contributed by atoms with Gasteiger partial charge >= 0.3 is 0 Å². The van der Waals surface area contributed by atoms with Gasteiger partial charge in [0.05, 0.1) is 17.9 Å². The molecule has 1 aromatic carbocycles. The van der Waals surface area contributed by atoms with Crippen molar-refractivity contribution in [2.75, 3.05) is 5.32 Å². The Labute approximate surface area is 123 Å². The van der Waals surface area contributed by atoms with Crippen LogP contribution in [-0.4, -0.2) is 4.98 Å². The van der Waals surface area contributed by atoms with Crippen LogP contribution in [0.15, 0.2) is 42.6 Å². The van der Waals surface area contributed by atoms with E-state index in [0.29, 0.717) is 5.15 Å². The summed E-state index contributed by atoms with van der Waals surface area (Å²) in [5.74, 6) is 0. The van der Waals surface area contributed by atoms with Gasteiger partial charge in [-0.25, -0.2) is 4.98 Å². The molecule has 100 valence electrons. The summed E-state index contributed by atoms with van der Waals surface area (Å²) in [6.45, 7) is 2.17. The van der Waals surface area contributed by atoms with E-state index in [0.717, 1.165) is 23.6 Å². The van der Waals surface area contributed by atoms with E-state index in [-0.39, 0.29) is 6.04 Å². The molecule has 1 N–H and O–H groups in total. The van der Waals surface area contributed by atoms with E-state index in [1.165, 1.54) is 5.56 Å². The molecule has 2 nitrogen and oxygen atoms in total. The Morgan fingerprint density at radius 3 is 2.42 bits per heavy atom. The van der Waals surface area contributed by atoms with Crippen LogP contribution in [0.3, 0.4) is 0 Å². The summed E-state index contributed by atoms with van der Waals surface area (Å²) in [4.78, 5) is 4.08. The van der Waals surface area contributed by atoms with Gasteiger partial charge in [0.25, 0.3) is 0 Å². The van der Waals surface area contributed by atoms with Crippen LogP contribution in [-0.2, 0) is 0 Å². The second-order valence-electron chi connectivity index (χ2n) is 4.41. The van der Waals surface area contributed by atoms with Crippen molar-refractivity contribution >= 4 is 28.9 Å². The number of halogens is 2. The minimum Gasteiger partial charge on any atom is -0.377 e. The molecule has 0 radical (unpaired) electrons. The number of pyridine rings is 1. The predicted octanol–water partition coefficient (Wildman–Crippen LogP) is 5.34. The number of rotatable bonds is 5. The second kappa shape index (κ2) is 6.78. The van der Waals surface area contributed by atoms with Gasteiger partial charge in [0.1, 0.15) is 5.15 Å². The van der Waals surface area contributed by atoms with Crippen LogP contribution in [0.2, 0.25) is 10.2 Å². The monoisotopic (exact) mass is 294 g/mol. The molecule has 0 aliphatic rings. The topological polar surface area (TPSA) is 24.9 Å². The summed E-state index contributed by atoms with van der Waals surface area (Å²) in [6.07, 6.45) is 3.90. The summed E-state index contributed by atoms with van der Waals surface area (Å²) in [5.41, 5.74) is 2.19. The SMILES string of the molecule is CCCC(Nc1ccc(Cl)nc1)c1ccc(Cl)cc1. The highest BCUT2D eigenvalue weighted by molar-refractivity contribution is 6.30. The van der Waals surface area contributed by atoms with Crippen molar-refractivity contribution in [2.45, 2.75) is 25.8 Å². The smallest absolute Gasteiger partial charge is 0.129 e. The standard InChI is InChI=1S/C15H16Cl2N2/c1-2-3-14(11-4-6-12(16)7-5-11)19-13-8-9-15(17)18-10-13/h4-10,14,19H,2-3H2,1H3. The lowest BCUT2D eigenvalue weighted by atomic mass is 10.0. The van der Waals surface area contributed by atoms with Crippen LogP contribution in [0.5, 0.6) is 0 Å². The molecule has 0 amide bonds. The highest BCUT2D eigenvalue weighted by Gasteiger charge is 2.10. The van der Waals surface area contributed by atoms with Crippen molar-refractivity contribution in [3.8, 4) is 0 Å². The molecule has 4 heteroatoms. The maximum atomic E-state index is 5.93. The third-order valence-corrected chi connectivity index (χ3v) is 3.39. The lowest BCUT2D eigenvalue weighted by Gasteiger charge is -2.19. The van der Waals surface area contributed by atoms with Gasteiger partial charge < -0.3 is 5.32 Å². The molecule has 1 heterocycles. The number of hydrogen-bond donors (Lipinski definition) is 1. The average Bonchev–Trinajstić information content (AvgIpc) is 2.42. The summed E-state index contributed by atoms with van der Waals surface area (Å²) >= 11 is 11.7. The van der Waals surface area contributed by atoms with E-state index in [1.54, 1.807) is 12.3 Å². The van der Waals surface area contributed by atoms with E-state index >= 15 is 0 Å². The Balaban J connectivity index is 2.15. The Morgan fingerprint density at radius 1 is 1.11 bits per heavy atom. The van der Waals surface area contributed by atoms with Gasteiger partial charge in [-0.3, -0.25) is 0 Å². The van der Waals surface area contributed by atoms with Crippen LogP contribution in [0.1, 0.15) is 31.4 Å². The van der Waals surface area contributed by atoms with Crippen molar-refractivity contribution in [1.82, 2.24) is 4.98 Å². The van der Waals surface area contributed by atoms with Gasteiger partial charge in [-0.1, -0.05) is 48.7 Å². The quantitative estimate of drug-likeness (QED) is 0.753. The molecule has 0 saturated heterocycles. The zero-order valence-corrected chi connectivity index (χ0v) is 12.2. The molecular weight excluding hydrogens is 279 g/mol. The number of aromatic nitrogens is 1. The summed E-state index contributed by atoms with van der Waals surface area (Å²) < 4.78 is 0. The van der Waals surface area contributed by atoms with Gasteiger partial charge in [0.15, 0.2) is 0 Å². The first-order chi connectivity index (χ1) is 9.19. The molecule has 1 unspecified atom stereocenters. The van der Waals surface area contributed by atoms with Crippen LogP contribution in [0.25, 0.3) is 0 Å². The number of benzene rings is 1. The first-order valence-electron chi connectivity index (χ1n) is 6.32. The number of nitrogens with zero attached hydrogens (tertiary/aromatic N) is 1. The first kappa shape index (κ1) is 14.2. The zero-order valence-electron chi connectivity index (χ0n) is 10.7. The van der Waals surface area contributed by atoms with E-state index in [1.807, 2.05) is 18.2 Å². The fraction of sp³-hybridized carbons (Fsp3) is 0.267. The van der Waals surface area contributed by atoms with Crippen molar-refractivity contribution in [3.05, 3.63) is 58.3 Å². The third-order valence-electron chi connectivity index (χ3n) is 2.92. The molecular formula is C15H16Cl2N2. The Hall–Kier alpha value is -1.25. The molecule has 0 aliphatic heterocycles. The van der Waals surface area contributed by atoms with Gasteiger partial charge in [-0.05, 0) is 36.2 Å². The van der Waals surface area contributed by atoms with E-state index in [4.69, 9.17) is 23.2 Å². The van der Waals surface area contributed by atoms with E-state index < -0.39 is 0 Å². The fourth-order valence-electron chi connectivity index (χ4n) is 1.97. The normalized spacial score (nSPS) is 12.2. The largest absolute Gasteiger partial charge is 0.377 e. The summed E-state index contributed by atoms with van der Waals surface area (Å²) in [5, 5.41) is 4.74. The van der Waals surface area contributed by atoms with Gasteiger partial charge in [-0.15, -0.1) is 0 Å². The molecule has 1 atom stereocenters. The maximum Gasteiger partial charge on any atom is 0.129 e. The van der Waals surface area contributed by atoms with Crippen LogP contribution in [0.4, 0.5) is 5.69 Å². The van der Waals surface area contributed by atoms with Crippen LogP contribution < -0.4 is 5.32 Å². The van der Waals surface area contributed by atoms with Gasteiger partial charge in [0.2, 0.25) is 0 Å². The molecule has 19 heavy (non-hydrogen) atoms. The van der Waals surface area contributed by atoms with Crippen molar-refractivity contribution < 1.29 is 0 Å². The first-order valence-corrected chi connectivity index (χ1v) is 7.08. The molecule has 2 aromatic rings. The number of hydrogen-bond acceptors (Lipinski definition) is 2. The Bertz CT molecular complexity index is 509. The molecule has 2 rings (SSSR count). The van der Waals surface area contributed by atoms with Crippen molar-refractivity contribution in [2.24, 2.45) is 0 Å². The van der Waals surface area contributed by atoms with Crippen molar-refractivity contribution in [1.29, 1.82) is 0 Å². The number of anilines is 1. The minimum absolute atomic E-state index is 0.255. The number of nitrogens with one attached hydrogen (secondary N) is 1. The molecule has 0 fully saturated rings. The Morgan fingerprint density at radius 2 is 1.84 bits per heavy atom. The molecule has 1 aromatic heterocycles. The lowest BCUT2D eigenvalue weighted by Crippen LogP contribution is -2.10. The highest BCUT2D eigenvalue weighted by Crippen LogP contribution is 2.25. The molecule has 0 saturated carbocycles. The third kappa shape index (κ3) is 4.12. The van der Waals surface area contributed by atoms with E-state index in [9.17, 15) is 0 Å². The van der Waals surface area contributed by atoms with Gasteiger partial charge in [0, 0.05) is 5.02 Å². The van der Waals surface area contributed by atoms with Crippen LogP contribution in [0, 0.1) is 0 Å². The lowest BCUT2D eigenvalue weighted by molar-refractivity contribution is 0.677. The molecule has 0 bridgehead atoms. The average molecular weight is 295 g/mol. The highest BCUT2D eigenvalue weighted by atomic mass is 35.5. The molecule has 0 spiro atoms. The van der Waals surface area contributed by atoms with Crippen molar-refractivity contribution in [3.63, 3.8) is 0 Å². The fourth-order valence-corrected chi connectivity index (χ4v) is 2.21. The second-order valence-corrected chi connectivity index (χ2v) is 5.23. The Kier molecular flexibility index (Phi) is 5.06. The predicted molar refractivity (Wildman–Crippen MR) is 82.0 cm³/mol. The van der Waals surface area contributed by atoms with E-state index in [2.05, 4.69) is 29.4 Å². The zero-order chi connectivity index (χ0) is 13.7.